The molecule has 25 heavy (non-hydrogen) atoms. The van der Waals surface area contributed by atoms with Crippen LogP contribution in [0.25, 0.3) is 11.1 Å². The lowest BCUT2D eigenvalue weighted by Gasteiger charge is -2.28. The van der Waals surface area contributed by atoms with Crippen LogP contribution in [0.2, 0.25) is 0 Å². The lowest BCUT2D eigenvalue weighted by Crippen LogP contribution is -2.44. The first-order valence-electron chi connectivity index (χ1n) is 8.38. The molecule has 0 aliphatic carbocycles. The number of hydrogen-bond acceptors (Lipinski definition) is 5. The molecule has 1 N–H and O–H groups in total. The minimum absolute atomic E-state index is 0.0531. The van der Waals surface area contributed by atoms with Crippen molar-refractivity contribution in [1.29, 1.82) is 0 Å². The number of benzene rings is 1. The van der Waals surface area contributed by atoms with Crippen LogP contribution >= 0.6 is 0 Å². The molecule has 2 aromatic rings. The third kappa shape index (κ3) is 4.26. The van der Waals surface area contributed by atoms with Crippen molar-refractivity contribution < 1.29 is 14.1 Å². The summed E-state index contributed by atoms with van der Waals surface area (Å²) < 4.78 is 6.46. The first kappa shape index (κ1) is 18.7. The molecule has 0 saturated carbocycles. The van der Waals surface area contributed by atoms with Gasteiger partial charge in [-0.3, -0.25) is 19.5 Å². The lowest BCUT2D eigenvalue weighted by molar-refractivity contribution is -0.384. The Bertz CT molecular complexity index is 832. The number of nitro groups is 1. The molecular formula is C17H23N3O5. The number of hydrogen-bond donors (Lipinski definition) is 1. The molecule has 1 aromatic heterocycles. The maximum Gasteiger partial charge on any atom is 0.419 e. The average Bonchev–Trinajstić information content (AvgIpc) is 2.89. The Morgan fingerprint density at radius 1 is 1.36 bits per heavy atom. The highest BCUT2D eigenvalue weighted by molar-refractivity contribution is 5.77. The van der Waals surface area contributed by atoms with Crippen molar-refractivity contribution in [3.05, 3.63) is 38.9 Å². The van der Waals surface area contributed by atoms with Crippen molar-refractivity contribution in [2.75, 3.05) is 0 Å². The Morgan fingerprint density at radius 2 is 2.04 bits per heavy atom. The van der Waals surface area contributed by atoms with Crippen LogP contribution < -0.4 is 11.1 Å². The second kappa shape index (κ2) is 7.50. The fourth-order valence-electron chi connectivity index (χ4n) is 2.60. The van der Waals surface area contributed by atoms with Crippen LogP contribution in [0.3, 0.4) is 0 Å². The molecule has 1 amide bonds. The maximum absolute atomic E-state index is 12.1. The Kier molecular flexibility index (Phi) is 5.61. The number of aromatic nitrogens is 1. The number of non-ortho nitro benzene ring substituents is 1. The van der Waals surface area contributed by atoms with E-state index >= 15 is 0 Å². The number of nitrogens with zero attached hydrogens (tertiary/aromatic N) is 2. The predicted molar refractivity (Wildman–Crippen MR) is 93.5 cm³/mol. The number of carbonyl (C=O) groups excluding carboxylic acids is 1. The zero-order valence-corrected chi connectivity index (χ0v) is 14.7. The topological polar surface area (TPSA) is 107 Å². The van der Waals surface area contributed by atoms with Gasteiger partial charge in [0.05, 0.1) is 16.5 Å². The molecule has 0 unspecified atom stereocenters. The van der Waals surface area contributed by atoms with Gasteiger partial charge in [0.25, 0.3) is 5.69 Å². The summed E-state index contributed by atoms with van der Waals surface area (Å²) in [7, 11) is 0. The van der Waals surface area contributed by atoms with Crippen LogP contribution in [-0.2, 0) is 11.3 Å². The summed E-state index contributed by atoms with van der Waals surface area (Å²) in [5.74, 6) is -0.634. The van der Waals surface area contributed by atoms with Gasteiger partial charge in [-0.2, -0.15) is 0 Å². The van der Waals surface area contributed by atoms with E-state index < -0.39 is 10.7 Å². The third-order valence-corrected chi connectivity index (χ3v) is 4.65. The highest BCUT2D eigenvalue weighted by Gasteiger charge is 2.21. The summed E-state index contributed by atoms with van der Waals surface area (Å²) in [5, 5.41) is 13.8. The molecule has 0 saturated heterocycles. The second-order valence-corrected chi connectivity index (χ2v) is 6.35. The van der Waals surface area contributed by atoms with E-state index in [9.17, 15) is 19.7 Å². The normalized spacial score (nSPS) is 11.6. The van der Waals surface area contributed by atoms with Gasteiger partial charge >= 0.3 is 5.76 Å². The SMILES string of the molecule is CCC(C)(CC)NC(=O)CCCn1c(=O)oc2cc([N+](=O)[O-])ccc21. The van der Waals surface area contributed by atoms with Crippen molar-refractivity contribution in [3.63, 3.8) is 0 Å². The first-order chi connectivity index (χ1) is 11.8. The predicted octanol–water partition coefficient (Wildman–Crippen LogP) is 2.98. The van der Waals surface area contributed by atoms with Crippen LogP contribution in [0, 0.1) is 10.1 Å². The van der Waals surface area contributed by atoms with Crippen LogP contribution in [0.1, 0.15) is 46.5 Å². The Balaban J connectivity index is 2.04. The second-order valence-electron chi connectivity index (χ2n) is 6.35. The quantitative estimate of drug-likeness (QED) is 0.582. The minimum atomic E-state index is -0.581. The summed E-state index contributed by atoms with van der Waals surface area (Å²) in [6, 6.07) is 4.05. The van der Waals surface area contributed by atoms with E-state index in [1.807, 2.05) is 20.8 Å². The van der Waals surface area contributed by atoms with Gasteiger partial charge in [-0.25, -0.2) is 4.79 Å². The summed E-state index contributed by atoms with van der Waals surface area (Å²) in [5.41, 5.74) is 0.317. The number of nitrogens with one attached hydrogen (secondary N) is 1. The zero-order valence-electron chi connectivity index (χ0n) is 14.7. The number of rotatable bonds is 8. The number of fused-ring (bicyclic) bond motifs is 1. The summed E-state index contributed by atoms with van der Waals surface area (Å²) in [4.78, 5) is 34.3. The molecule has 0 atom stereocenters. The van der Waals surface area contributed by atoms with Crippen molar-refractivity contribution in [3.8, 4) is 0 Å². The van der Waals surface area contributed by atoms with Gasteiger partial charge in [-0.15, -0.1) is 0 Å². The van der Waals surface area contributed by atoms with Crippen LogP contribution in [0.15, 0.2) is 27.4 Å². The van der Waals surface area contributed by atoms with E-state index in [2.05, 4.69) is 5.32 Å². The molecule has 8 nitrogen and oxygen atoms in total. The van der Waals surface area contributed by atoms with Gasteiger partial charge in [0, 0.05) is 24.6 Å². The van der Waals surface area contributed by atoms with E-state index in [4.69, 9.17) is 4.42 Å². The van der Waals surface area contributed by atoms with Gasteiger partial charge in [0.2, 0.25) is 5.91 Å². The van der Waals surface area contributed by atoms with Crippen molar-refractivity contribution in [2.45, 2.75) is 58.5 Å². The Hall–Kier alpha value is -2.64. The van der Waals surface area contributed by atoms with Gasteiger partial charge in [-0.05, 0) is 32.3 Å². The number of aryl methyl sites for hydroxylation is 1. The van der Waals surface area contributed by atoms with Gasteiger partial charge in [0.15, 0.2) is 5.58 Å². The first-order valence-corrected chi connectivity index (χ1v) is 8.38. The number of carbonyl (C=O) groups is 1. The average molecular weight is 349 g/mol. The number of amides is 1. The maximum atomic E-state index is 12.1. The standard InChI is InChI=1S/C17H23N3O5/c1-4-17(3,5-2)18-15(21)7-6-10-19-13-9-8-12(20(23)24)11-14(13)25-16(19)22/h8-9,11H,4-7,10H2,1-3H3,(H,18,21). The van der Waals surface area contributed by atoms with Crippen molar-refractivity contribution >= 4 is 22.7 Å². The molecule has 2 rings (SSSR count). The van der Waals surface area contributed by atoms with E-state index in [0.717, 1.165) is 12.8 Å². The minimum Gasteiger partial charge on any atom is -0.407 e. The van der Waals surface area contributed by atoms with E-state index in [1.165, 1.54) is 22.8 Å². The van der Waals surface area contributed by atoms with Crippen molar-refractivity contribution in [2.24, 2.45) is 0 Å². The molecule has 0 bridgehead atoms. The molecule has 1 heterocycles. The van der Waals surface area contributed by atoms with E-state index in [0.29, 0.717) is 24.9 Å². The molecule has 8 heteroatoms. The molecule has 0 spiro atoms. The van der Waals surface area contributed by atoms with Crippen molar-refractivity contribution in [1.82, 2.24) is 9.88 Å². The lowest BCUT2D eigenvalue weighted by atomic mass is 9.95. The van der Waals surface area contributed by atoms with Gasteiger partial charge < -0.3 is 9.73 Å². The Labute approximate surface area is 145 Å². The largest absolute Gasteiger partial charge is 0.419 e. The fourth-order valence-corrected chi connectivity index (χ4v) is 2.60. The van der Waals surface area contributed by atoms with Gasteiger partial charge in [-0.1, -0.05) is 13.8 Å². The van der Waals surface area contributed by atoms with E-state index in [1.54, 1.807) is 0 Å². The summed E-state index contributed by atoms with van der Waals surface area (Å²) in [6.07, 6.45) is 2.46. The van der Waals surface area contributed by atoms with Crippen LogP contribution in [0.4, 0.5) is 5.69 Å². The zero-order chi connectivity index (χ0) is 18.6. The molecule has 1 aromatic carbocycles. The smallest absolute Gasteiger partial charge is 0.407 e. The monoisotopic (exact) mass is 349 g/mol. The number of oxazole rings is 1. The molecule has 0 aliphatic heterocycles. The van der Waals surface area contributed by atoms with Crippen LogP contribution in [0.5, 0.6) is 0 Å². The molecule has 0 radical (unpaired) electrons. The number of nitro benzene ring substituents is 1. The van der Waals surface area contributed by atoms with E-state index in [-0.39, 0.29) is 22.7 Å². The molecule has 0 fully saturated rings. The molecule has 0 aliphatic rings. The molecular weight excluding hydrogens is 326 g/mol. The summed E-state index contributed by atoms with van der Waals surface area (Å²) in [6.45, 7) is 6.37. The van der Waals surface area contributed by atoms with Crippen LogP contribution in [-0.4, -0.2) is 20.9 Å². The highest BCUT2D eigenvalue weighted by atomic mass is 16.6. The Morgan fingerprint density at radius 3 is 2.64 bits per heavy atom. The third-order valence-electron chi connectivity index (χ3n) is 4.65. The summed E-state index contributed by atoms with van der Waals surface area (Å²) >= 11 is 0. The molecule has 136 valence electrons. The van der Waals surface area contributed by atoms with Gasteiger partial charge in [0.1, 0.15) is 0 Å². The highest BCUT2D eigenvalue weighted by Crippen LogP contribution is 2.20. The fraction of sp³-hybridized carbons (Fsp3) is 0.529.